The Kier molecular flexibility index (Phi) is 5.28. The van der Waals surface area contributed by atoms with Crippen LogP contribution in [0.15, 0.2) is 0 Å². The van der Waals surface area contributed by atoms with Crippen molar-refractivity contribution in [2.24, 2.45) is 5.41 Å². The van der Waals surface area contributed by atoms with Crippen LogP contribution in [-0.2, 0) is 4.74 Å². The quantitative estimate of drug-likeness (QED) is 0.708. The number of rotatable bonds is 5. The van der Waals surface area contributed by atoms with E-state index in [0.29, 0.717) is 5.41 Å². The summed E-state index contributed by atoms with van der Waals surface area (Å²) < 4.78 is 5.42. The molecule has 0 saturated carbocycles. The maximum atomic E-state index is 5.42. The van der Waals surface area contributed by atoms with Crippen LogP contribution in [0.3, 0.4) is 0 Å². The summed E-state index contributed by atoms with van der Waals surface area (Å²) in [6.45, 7) is 9.78. The maximum absolute atomic E-state index is 5.42. The maximum Gasteiger partial charge on any atom is 0.0472 e. The zero-order chi connectivity index (χ0) is 10.4. The lowest BCUT2D eigenvalue weighted by atomic mass is 9.81. The largest absolute Gasteiger partial charge is 0.381 e. The molecule has 0 aromatic heterocycles. The summed E-state index contributed by atoms with van der Waals surface area (Å²) in [5.74, 6) is 0.993. The predicted octanol–water partition coefficient (Wildman–Crippen LogP) is 2.05. The van der Waals surface area contributed by atoms with Crippen molar-refractivity contribution in [2.75, 3.05) is 38.6 Å². The van der Waals surface area contributed by atoms with Crippen LogP contribution in [0.5, 0.6) is 0 Å². The molecule has 1 aliphatic heterocycles. The van der Waals surface area contributed by atoms with Crippen LogP contribution in [0.25, 0.3) is 0 Å². The summed E-state index contributed by atoms with van der Waals surface area (Å²) in [5, 5.41) is 0. The van der Waals surface area contributed by atoms with Gasteiger partial charge in [-0.25, -0.2) is 0 Å². The third-order valence-corrected chi connectivity index (χ3v) is 4.01. The smallest absolute Gasteiger partial charge is 0.0472 e. The van der Waals surface area contributed by atoms with Gasteiger partial charge in [-0.1, -0.05) is 13.8 Å². The lowest BCUT2D eigenvalue weighted by molar-refractivity contribution is 0.00927. The molecule has 0 aromatic rings. The molecule has 1 saturated heterocycles. The molecule has 0 unspecified atom stereocenters. The van der Waals surface area contributed by atoms with Crippen molar-refractivity contribution >= 4 is 12.6 Å². The van der Waals surface area contributed by atoms with E-state index in [1.807, 2.05) is 0 Å². The molecule has 1 aliphatic rings. The van der Waals surface area contributed by atoms with Gasteiger partial charge in [-0.2, -0.15) is 12.6 Å². The van der Waals surface area contributed by atoms with Crippen LogP contribution in [-0.4, -0.2) is 43.5 Å². The second kappa shape index (κ2) is 5.99. The number of thiol groups is 1. The number of hydrogen-bond acceptors (Lipinski definition) is 3. The average Bonchev–Trinajstić information content (AvgIpc) is 2.27. The first-order valence-corrected chi connectivity index (χ1v) is 6.30. The van der Waals surface area contributed by atoms with Crippen LogP contribution in [0.2, 0.25) is 0 Å². The second-order valence-corrected chi connectivity index (χ2v) is 4.55. The summed E-state index contributed by atoms with van der Waals surface area (Å²) in [7, 11) is 0. The van der Waals surface area contributed by atoms with Crippen LogP contribution < -0.4 is 0 Å². The van der Waals surface area contributed by atoms with E-state index >= 15 is 0 Å². The van der Waals surface area contributed by atoms with Gasteiger partial charge in [0.1, 0.15) is 0 Å². The van der Waals surface area contributed by atoms with Gasteiger partial charge in [0.25, 0.3) is 0 Å². The molecule has 0 atom stereocenters. The Hall–Kier alpha value is 0.270. The highest BCUT2D eigenvalue weighted by Gasteiger charge is 2.32. The Labute approximate surface area is 93.4 Å². The molecule has 1 fully saturated rings. The highest BCUT2D eigenvalue weighted by molar-refractivity contribution is 7.80. The first-order valence-electron chi connectivity index (χ1n) is 5.67. The molecule has 1 rings (SSSR count). The van der Waals surface area contributed by atoms with E-state index in [-0.39, 0.29) is 0 Å². The first kappa shape index (κ1) is 12.3. The molecule has 84 valence electrons. The molecule has 1 heterocycles. The Morgan fingerprint density at radius 1 is 1.21 bits per heavy atom. The van der Waals surface area contributed by atoms with Crippen molar-refractivity contribution in [3.63, 3.8) is 0 Å². The fraction of sp³-hybridized carbons (Fsp3) is 1.00. The summed E-state index contributed by atoms with van der Waals surface area (Å²) in [4.78, 5) is 2.50. The van der Waals surface area contributed by atoms with Gasteiger partial charge in [-0.3, -0.25) is 0 Å². The SMILES string of the molecule is CCN(CC)CC1(CS)CCOCC1. The Morgan fingerprint density at radius 3 is 2.21 bits per heavy atom. The molecule has 0 aliphatic carbocycles. The molecule has 0 radical (unpaired) electrons. The normalized spacial score (nSPS) is 21.4. The fourth-order valence-corrected chi connectivity index (χ4v) is 2.51. The summed E-state index contributed by atoms with van der Waals surface area (Å²) in [6, 6.07) is 0. The van der Waals surface area contributed by atoms with Gasteiger partial charge in [0.2, 0.25) is 0 Å². The van der Waals surface area contributed by atoms with Gasteiger partial charge in [0.15, 0.2) is 0 Å². The minimum Gasteiger partial charge on any atom is -0.381 e. The van der Waals surface area contributed by atoms with Crippen LogP contribution in [0, 0.1) is 5.41 Å². The minimum absolute atomic E-state index is 0.410. The minimum atomic E-state index is 0.410. The zero-order valence-electron chi connectivity index (χ0n) is 9.46. The average molecular weight is 217 g/mol. The number of ether oxygens (including phenoxy) is 1. The molecular weight excluding hydrogens is 194 g/mol. The van der Waals surface area contributed by atoms with Gasteiger partial charge in [-0.05, 0) is 37.1 Å². The summed E-state index contributed by atoms with van der Waals surface area (Å²) in [6.07, 6.45) is 2.35. The topological polar surface area (TPSA) is 12.5 Å². The fourth-order valence-electron chi connectivity index (χ4n) is 2.09. The van der Waals surface area contributed by atoms with Crippen LogP contribution >= 0.6 is 12.6 Å². The van der Waals surface area contributed by atoms with Crippen LogP contribution in [0.1, 0.15) is 26.7 Å². The third-order valence-electron chi connectivity index (χ3n) is 3.34. The molecule has 3 heteroatoms. The summed E-state index contributed by atoms with van der Waals surface area (Å²) >= 11 is 4.52. The van der Waals surface area contributed by atoms with Gasteiger partial charge >= 0.3 is 0 Å². The van der Waals surface area contributed by atoms with E-state index < -0.39 is 0 Å². The summed E-state index contributed by atoms with van der Waals surface area (Å²) in [5.41, 5.74) is 0.410. The van der Waals surface area contributed by atoms with E-state index in [4.69, 9.17) is 4.74 Å². The van der Waals surface area contributed by atoms with Crippen molar-refractivity contribution < 1.29 is 4.74 Å². The van der Waals surface area contributed by atoms with Crippen molar-refractivity contribution in [2.45, 2.75) is 26.7 Å². The molecule has 0 N–H and O–H groups in total. The number of nitrogens with zero attached hydrogens (tertiary/aromatic N) is 1. The lowest BCUT2D eigenvalue weighted by Crippen LogP contribution is -2.42. The van der Waals surface area contributed by atoms with Gasteiger partial charge in [0.05, 0.1) is 0 Å². The van der Waals surface area contributed by atoms with Gasteiger partial charge in [0, 0.05) is 19.8 Å². The highest BCUT2D eigenvalue weighted by atomic mass is 32.1. The van der Waals surface area contributed by atoms with E-state index in [0.717, 1.165) is 32.1 Å². The Bertz CT molecular complexity index is 153. The lowest BCUT2D eigenvalue weighted by Gasteiger charge is -2.39. The third kappa shape index (κ3) is 3.14. The molecule has 14 heavy (non-hydrogen) atoms. The first-order chi connectivity index (χ1) is 6.76. The van der Waals surface area contributed by atoms with E-state index in [1.54, 1.807) is 0 Å². The van der Waals surface area contributed by atoms with Crippen molar-refractivity contribution in [3.8, 4) is 0 Å². The molecule has 2 nitrogen and oxygen atoms in total. The molecule has 0 spiro atoms. The predicted molar refractivity (Wildman–Crippen MR) is 64.1 cm³/mol. The number of hydrogen-bond donors (Lipinski definition) is 1. The standard InChI is InChI=1S/C11H23NOS/c1-3-12(4-2)9-11(10-14)5-7-13-8-6-11/h14H,3-10H2,1-2H3. The molecule has 0 bridgehead atoms. The molecule has 0 aromatic carbocycles. The van der Waals surface area contributed by atoms with Gasteiger partial charge in [-0.15, -0.1) is 0 Å². The second-order valence-electron chi connectivity index (χ2n) is 4.23. The molecule has 0 amide bonds. The highest BCUT2D eigenvalue weighted by Crippen LogP contribution is 2.32. The zero-order valence-corrected chi connectivity index (χ0v) is 10.4. The van der Waals surface area contributed by atoms with Crippen molar-refractivity contribution in [1.82, 2.24) is 4.90 Å². The van der Waals surface area contributed by atoms with Crippen molar-refractivity contribution in [1.29, 1.82) is 0 Å². The monoisotopic (exact) mass is 217 g/mol. The van der Waals surface area contributed by atoms with E-state index in [9.17, 15) is 0 Å². The Balaban J connectivity index is 2.50. The van der Waals surface area contributed by atoms with E-state index in [2.05, 4.69) is 31.4 Å². The van der Waals surface area contributed by atoms with Crippen LogP contribution in [0.4, 0.5) is 0 Å². The van der Waals surface area contributed by atoms with E-state index in [1.165, 1.54) is 19.4 Å². The Morgan fingerprint density at radius 2 is 1.79 bits per heavy atom. The van der Waals surface area contributed by atoms with Crippen molar-refractivity contribution in [3.05, 3.63) is 0 Å². The van der Waals surface area contributed by atoms with Gasteiger partial charge < -0.3 is 9.64 Å². The molecular formula is C11H23NOS.